The molecule has 4 heteroatoms. The number of unbranched alkanes of at least 4 members (excludes halogenated alkanes) is 5. The minimum absolute atomic E-state index is 0.138. The molecule has 0 amide bonds. The zero-order chi connectivity index (χ0) is 10.9. The summed E-state index contributed by atoms with van der Waals surface area (Å²) in [6.07, 6.45) is 7.88. The fraction of sp³-hybridized carbons (Fsp3) is 0.727. The fourth-order valence-corrected chi connectivity index (χ4v) is 1.94. The van der Waals surface area contributed by atoms with E-state index in [0.717, 1.165) is 12.8 Å². The molecular weight excluding hydrogens is 208 g/mol. The predicted molar refractivity (Wildman–Crippen MR) is 62.2 cm³/mol. The van der Waals surface area contributed by atoms with Gasteiger partial charge in [0.25, 0.3) is 0 Å². The third kappa shape index (κ3) is 5.02. The minimum Gasteiger partial charge on any atom is -0.292 e. The van der Waals surface area contributed by atoms with Crippen LogP contribution in [0.2, 0.25) is 0 Å². The highest BCUT2D eigenvalue weighted by Crippen LogP contribution is 2.09. The molecular formula is C11H18N2OS. The lowest BCUT2D eigenvalue weighted by molar-refractivity contribution is 0.0974. The molecule has 84 valence electrons. The first kappa shape index (κ1) is 12.3. The molecule has 0 radical (unpaired) electrons. The van der Waals surface area contributed by atoms with Crippen molar-refractivity contribution in [1.82, 2.24) is 9.59 Å². The van der Waals surface area contributed by atoms with Crippen molar-refractivity contribution in [2.75, 3.05) is 0 Å². The van der Waals surface area contributed by atoms with E-state index in [-0.39, 0.29) is 5.78 Å². The van der Waals surface area contributed by atoms with Crippen molar-refractivity contribution in [3.05, 3.63) is 11.1 Å². The molecule has 0 aliphatic heterocycles. The van der Waals surface area contributed by atoms with Crippen LogP contribution in [0.25, 0.3) is 0 Å². The number of rotatable bonds is 8. The van der Waals surface area contributed by atoms with Crippen LogP contribution in [0.4, 0.5) is 0 Å². The van der Waals surface area contributed by atoms with Crippen molar-refractivity contribution in [2.45, 2.75) is 51.9 Å². The molecule has 0 aromatic carbocycles. The van der Waals surface area contributed by atoms with E-state index in [1.54, 1.807) is 5.38 Å². The smallest absolute Gasteiger partial charge is 0.183 e. The first-order valence-electron chi connectivity index (χ1n) is 5.65. The maximum atomic E-state index is 11.5. The van der Waals surface area contributed by atoms with E-state index < -0.39 is 0 Å². The van der Waals surface area contributed by atoms with E-state index in [2.05, 4.69) is 16.5 Å². The maximum absolute atomic E-state index is 11.5. The van der Waals surface area contributed by atoms with Gasteiger partial charge in [0.2, 0.25) is 0 Å². The molecule has 1 aromatic heterocycles. The van der Waals surface area contributed by atoms with Gasteiger partial charge in [-0.1, -0.05) is 43.5 Å². The summed E-state index contributed by atoms with van der Waals surface area (Å²) in [5, 5.41) is 5.49. The lowest BCUT2D eigenvalue weighted by atomic mass is 10.1. The Kier molecular flexibility index (Phi) is 6.16. The summed E-state index contributed by atoms with van der Waals surface area (Å²) in [4.78, 5) is 11.5. The molecule has 1 heterocycles. The van der Waals surface area contributed by atoms with Crippen LogP contribution in [-0.2, 0) is 0 Å². The largest absolute Gasteiger partial charge is 0.292 e. The second-order valence-electron chi connectivity index (χ2n) is 3.73. The molecule has 0 atom stereocenters. The van der Waals surface area contributed by atoms with Crippen molar-refractivity contribution in [2.24, 2.45) is 0 Å². The van der Waals surface area contributed by atoms with Gasteiger partial charge in [-0.25, -0.2) is 0 Å². The summed E-state index contributed by atoms with van der Waals surface area (Å²) in [5.74, 6) is 0.138. The Hall–Kier alpha value is -0.770. The standard InChI is InChI=1S/C11H18N2OS/c1-2-3-4-5-6-7-8-11(14)10-9-15-13-12-10/h9H,2-8H2,1H3. The quantitative estimate of drug-likeness (QED) is 0.503. The summed E-state index contributed by atoms with van der Waals surface area (Å²) in [6, 6.07) is 0. The van der Waals surface area contributed by atoms with Gasteiger partial charge in [0.1, 0.15) is 5.69 Å². The van der Waals surface area contributed by atoms with Crippen LogP contribution in [0.3, 0.4) is 0 Å². The number of aromatic nitrogens is 2. The highest BCUT2D eigenvalue weighted by atomic mass is 32.1. The van der Waals surface area contributed by atoms with Crippen molar-refractivity contribution in [1.29, 1.82) is 0 Å². The number of carbonyl (C=O) groups is 1. The van der Waals surface area contributed by atoms with Crippen LogP contribution in [-0.4, -0.2) is 15.4 Å². The van der Waals surface area contributed by atoms with Crippen LogP contribution in [0.5, 0.6) is 0 Å². The minimum atomic E-state index is 0.138. The Labute approximate surface area is 95.1 Å². The molecule has 0 bridgehead atoms. The topological polar surface area (TPSA) is 42.9 Å². The van der Waals surface area contributed by atoms with E-state index >= 15 is 0 Å². The Morgan fingerprint density at radius 1 is 1.27 bits per heavy atom. The monoisotopic (exact) mass is 226 g/mol. The summed E-state index contributed by atoms with van der Waals surface area (Å²) >= 11 is 1.24. The molecule has 1 aromatic rings. The van der Waals surface area contributed by atoms with E-state index in [1.165, 1.54) is 37.2 Å². The van der Waals surface area contributed by atoms with Gasteiger partial charge in [-0.3, -0.25) is 4.79 Å². The van der Waals surface area contributed by atoms with Crippen LogP contribution in [0.1, 0.15) is 62.4 Å². The van der Waals surface area contributed by atoms with Crippen molar-refractivity contribution in [3.8, 4) is 0 Å². The molecule has 0 unspecified atom stereocenters. The zero-order valence-electron chi connectivity index (χ0n) is 9.24. The van der Waals surface area contributed by atoms with Crippen LogP contribution in [0.15, 0.2) is 5.38 Å². The molecule has 15 heavy (non-hydrogen) atoms. The van der Waals surface area contributed by atoms with E-state index in [0.29, 0.717) is 12.1 Å². The number of Topliss-reactive ketones (excluding diaryl/α,β-unsaturated/α-hetero) is 1. The van der Waals surface area contributed by atoms with Crippen LogP contribution in [0, 0.1) is 0 Å². The Balaban J connectivity index is 2.03. The van der Waals surface area contributed by atoms with E-state index in [1.807, 2.05) is 0 Å². The third-order valence-corrected chi connectivity index (χ3v) is 2.91. The highest BCUT2D eigenvalue weighted by molar-refractivity contribution is 7.03. The average molecular weight is 226 g/mol. The lowest BCUT2D eigenvalue weighted by Gasteiger charge is -1.98. The summed E-state index contributed by atoms with van der Waals surface area (Å²) < 4.78 is 3.68. The molecule has 0 aliphatic rings. The molecule has 0 spiro atoms. The molecule has 1 rings (SSSR count). The van der Waals surface area contributed by atoms with E-state index in [9.17, 15) is 4.79 Å². The number of nitrogens with zero attached hydrogens (tertiary/aromatic N) is 2. The van der Waals surface area contributed by atoms with Gasteiger partial charge >= 0.3 is 0 Å². The summed E-state index contributed by atoms with van der Waals surface area (Å²) in [6.45, 7) is 2.21. The summed E-state index contributed by atoms with van der Waals surface area (Å²) in [7, 11) is 0. The molecule has 0 saturated heterocycles. The number of carbonyl (C=O) groups excluding carboxylic acids is 1. The van der Waals surface area contributed by atoms with Gasteiger partial charge in [-0.05, 0) is 18.0 Å². The Morgan fingerprint density at radius 3 is 2.67 bits per heavy atom. The van der Waals surface area contributed by atoms with Crippen molar-refractivity contribution < 1.29 is 4.79 Å². The molecule has 0 N–H and O–H groups in total. The van der Waals surface area contributed by atoms with Crippen LogP contribution >= 0.6 is 11.5 Å². The average Bonchev–Trinajstić information content (AvgIpc) is 2.76. The Morgan fingerprint density at radius 2 is 2.00 bits per heavy atom. The maximum Gasteiger partial charge on any atom is 0.183 e. The summed E-state index contributed by atoms with van der Waals surface area (Å²) in [5.41, 5.74) is 0.536. The van der Waals surface area contributed by atoms with Gasteiger partial charge in [-0.2, -0.15) is 0 Å². The fourth-order valence-electron chi connectivity index (χ4n) is 1.48. The molecule has 3 nitrogen and oxygen atoms in total. The van der Waals surface area contributed by atoms with Gasteiger partial charge in [0.15, 0.2) is 5.78 Å². The second-order valence-corrected chi connectivity index (χ2v) is 4.34. The number of hydrogen-bond donors (Lipinski definition) is 0. The van der Waals surface area contributed by atoms with E-state index in [4.69, 9.17) is 0 Å². The van der Waals surface area contributed by atoms with Gasteiger partial charge in [-0.15, -0.1) is 5.10 Å². The van der Waals surface area contributed by atoms with Crippen LogP contribution < -0.4 is 0 Å². The number of ketones is 1. The first-order chi connectivity index (χ1) is 7.34. The highest BCUT2D eigenvalue weighted by Gasteiger charge is 2.07. The van der Waals surface area contributed by atoms with Crippen molar-refractivity contribution >= 4 is 17.3 Å². The normalized spacial score (nSPS) is 10.5. The van der Waals surface area contributed by atoms with Gasteiger partial charge in [0, 0.05) is 11.8 Å². The predicted octanol–water partition coefficient (Wildman–Crippen LogP) is 3.47. The second kappa shape index (κ2) is 7.51. The zero-order valence-corrected chi connectivity index (χ0v) is 10.1. The third-order valence-electron chi connectivity index (χ3n) is 2.40. The van der Waals surface area contributed by atoms with Crippen molar-refractivity contribution in [3.63, 3.8) is 0 Å². The van der Waals surface area contributed by atoms with Gasteiger partial charge < -0.3 is 0 Å². The molecule has 0 saturated carbocycles. The Bertz CT molecular complexity index is 272. The lowest BCUT2D eigenvalue weighted by Crippen LogP contribution is -1.99. The molecule has 0 aliphatic carbocycles. The van der Waals surface area contributed by atoms with Gasteiger partial charge in [0.05, 0.1) is 0 Å². The first-order valence-corrected chi connectivity index (χ1v) is 6.48. The number of hydrogen-bond acceptors (Lipinski definition) is 4. The SMILES string of the molecule is CCCCCCCCC(=O)c1csnn1. The molecule has 0 fully saturated rings.